The lowest BCUT2D eigenvalue weighted by atomic mass is 10.1. The molecular weight excluding hydrogens is 316 g/mol. The molecule has 6 nitrogen and oxygen atoms in total. The number of amides is 1. The largest absolute Gasteiger partial charge is 0.376 e. The van der Waals surface area contributed by atoms with Gasteiger partial charge in [-0.2, -0.15) is 0 Å². The van der Waals surface area contributed by atoms with Crippen LogP contribution in [0, 0.1) is 0 Å². The third kappa shape index (κ3) is 3.35. The number of carbonyl (C=O) groups is 1. The molecule has 2 aliphatic rings. The Balaban J connectivity index is 1.74. The van der Waals surface area contributed by atoms with Crippen LogP contribution in [0.15, 0.2) is 18.2 Å². The smallest absolute Gasteiger partial charge is 0.251 e. The number of hydrogen-bond donors (Lipinski definition) is 1. The van der Waals surface area contributed by atoms with E-state index in [4.69, 9.17) is 4.74 Å². The van der Waals surface area contributed by atoms with Gasteiger partial charge in [0.1, 0.15) is 0 Å². The fourth-order valence-electron chi connectivity index (χ4n) is 3.36. The molecule has 1 amide bonds. The summed E-state index contributed by atoms with van der Waals surface area (Å²) < 4.78 is 30.7. The van der Waals surface area contributed by atoms with E-state index in [1.54, 1.807) is 18.2 Å². The third-order valence-corrected chi connectivity index (χ3v) is 5.64. The van der Waals surface area contributed by atoms with Crippen LogP contribution in [0.5, 0.6) is 0 Å². The lowest BCUT2D eigenvalue weighted by molar-refractivity contribution is 0.0857. The van der Waals surface area contributed by atoms with Gasteiger partial charge in [-0.3, -0.25) is 9.10 Å². The molecule has 0 spiro atoms. The molecule has 0 aliphatic carbocycles. The van der Waals surface area contributed by atoms with E-state index in [1.165, 1.54) is 10.6 Å². The number of sulfonamides is 1. The fraction of sp³-hybridized carbons (Fsp3) is 0.562. The summed E-state index contributed by atoms with van der Waals surface area (Å²) in [4.78, 5) is 12.3. The normalized spacial score (nSPS) is 23.8. The molecule has 0 bridgehead atoms. The van der Waals surface area contributed by atoms with Gasteiger partial charge in [0.25, 0.3) is 5.91 Å². The summed E-state index contributed by atoms with van der Waals surface area (Å²) in [5.74, 6) is -0.145. The van der Waals surface area contributed by atoms with Crippen LogP contribution < -0.4 is 9.62 Å². The lowest BCUT2D eigenvalue weighted by Crippen LogP contribution is -2.34. The van der Waals surface area contributed by atoms with Crippen LogP contribution in [0.4, 0.5) is 5.69 Å². The topological polar surface area (TPSA) is 75.7 Å². The predicted molar refractivity (Wildman–Crippen MR) is 88.2 cm³/mol. The van der Waals surface area contributed by atoms with Gasteiger partial charge in [-0.1, -0.05) is 0 Å². The van der Waals surface area contributed by atoms with E-state index in [0.717, 1.165) is 25.0 Å². The van der Waals surface area contributed by atoms with Crippen molar-refractivity contribution in [3.05, 3.63) is 29.3 Å². The Morgan fingerprint density at radius 1 is 1.43 bits per heavy atom. The summed E-state index contributed by atoms with van der Waals surface area (Å²) in [5.41, 5.74) is 2.13. The molecule has 2 heterocycles. The second-order valence-corrected chi connectivity index (χ2v) is 8.16. The number of nitrogens with one attached hydrogen (secondary N) is 1. The standard InChI is InChI=1S/C16H22N2O4S/c1-11-8-13-9-12(5-6-15(13)18(11)23(2,20)21)16(19)17-10-14-4-3-7-22-14/h5-6,9,11,14H,3-4,7-8,10H2,1-2H3,(H,17,19)/t11-,14+/m0/s1. The molecule has 0 unspecified atom stereocenters. The van der Waals surface area contributed by atoms with Crippen LogP contribution in [-0.4, -0.2) is 45.9 Å². The maximum absolute atomic E-state index is 12.3. The molecule has 7 heteroatoms. The molecular formula is C16H22N2O4S. The summed E-state index contributed by atoms with van der Waals surface area (Å²) in [6, 6.07) is 5.08. The van der Waals surface area contributed by atoms with Crippen molar-refractivity contribution in [2.24, 2.45) is 0 Å². The summed E-state index contributed by atoms with van der Waals surface area (Å²) in [6.45, 7) is 3.15. The van der Waals surface area contributed by atoms with Crippen molar-refractivity contribution in [3.63, 3.8) is 0 Å². The molecule has 1 aromatic carbocycles. The van der Waals surface area contributed by atoms with Gasteiger partial charge in [0, 0.05) is 24.8 Å². The highest BCUT2D eigenvalue weighted by Gasteiger charge is 2.32. The van der Waals surface area contributed by atoms with Crippen molar-refractivity contribution < 1.29 is 17.9 Å². The highest BCUT2D eigenvalue weighted by Crippen LogP contribution is 2.34. The molecule has 3 rings (SSSR count). The van der Waals surface area contributed by atoms with Gasteiger partial charge < -0.3 is 10.1 Å². The number of benzene rings is 1. The van der Waals surface area contributed by atoms with Gasteiger partial charge in [-0.15, -0.1) is 0 Å². The van der Waals surface area contributed by atoms with E-state index in [1.807, 2.05) is 6.92 Å². The van der Waals surface area contributed by atoms with E-state index in [0.29, 0.717) is 24.2 Å². The number of nitrogens with zero attached hydrogens (tertiary/aromatic N) is 1. The van der Waals surface area contributed by atoms with E-state index in [9.17, 15) is 13.2 Å². The van der Waals surface area contributed by atoms with Crippen LogP contribution >= 0.6 is 0 Å². The molecule has 1 saturated heterocycles. The number of hydrogen-bond acceptors (Lipinski definition) is 4. The second kappa shape index (κ2) is 6.13. The Hall–Kier alpha value is -1.60. The maximum Gasteiger partial charge on any atom is 0.251 e. The van der Waals surface area contributed by atoms with Crippen LogP contribution in [0.2, 0.25) is 0 Å². The minimum Gasteiger partial charge on any atom is -0.376 e. The maximum atomic E-state index is 12.3. The van der Waals surface area contributed by atoms with Crippen molar-refractivity contribution in [1.82, 2.24) is 5.32 Å². The number of rotatable bonds is 4. The summed E-state index contributed by atoms with van der Waals surface area (Å²) in [6.07, 6.45) is 3.95. The minimum absolute atomic E-state index is 0.106. The molecule has 0 aromatic heterocycles. The number of carbonyl (C=O) groups excluding carboxylic acids is 1. The quantitative estimate of drug-likeness (QED) is 0.898. The molecule has 0 radical (unpaired) electrons. The van der Waals surface area contributed by atoms with E-state index in [-0.39, 0.29) is 18.1 Å². The van der Waals surface area contributed by atoms with Crippen LogP contribution in [0.3, 0.4) is 0 Å². The van der Waals surface area contributed by atoms with Crippen LogP contribution in [0.25, 0.3) is 0 Å². The SMILES string of the molecule is C[C@H]1Cc2cc(C(=O)NC[C@H]3CCCO3)ccc2N1S(C)(=O)=O. The molecule has 2 atom stereocenters. The lowest BCUT2D eigenvalue weighted by Gasteiger charge is -2.22. The zero-order valence-electron chi connectivity index (χ0n) is 13.4. The molecule has 1 N–H and O–H groups in total. The Kier molecular flexibility index (Phi) is 4.33. The molecule has 1 aromatic rings. The van der Waals surface area contributed by atoms with Crippen molar-refractivity contribution >= 4 is 21.6 Å². The first-order valence-electron chi connectivity index (χ1n) is 7.88. The first kappa shape index (κ1) is 16.3. The Morgan fingerprint density at radius 2 is 2.22 bits per heavy atom. The van der Waals surface area contributed by atoms with E-state index in [2.05, 4.69) is 5.32 Å². The van der Waals surface area contributed by atoms with Gasteiger partial charge >= 0.3 is 0 Å². The van der Waals surface area contributed by atoms with E-state index < -0.39 is 10.0 Å². The predicted octanol–water partition coefficient (Wildman–Crippen LogP) is 1.31. The number of anilines is 1. The fourth-order valence-corrected chi connectivity index (χ4v) is 4.63. The van der Waals surface area contributed by atoms with Gasteiger partial charge in [0.05, 0.1) is 18.0 Å². The Morgan fingerprint density at radius 3 is 2.87 bits per heavy atom. The van der Waals surface area contributed by atoms with Crippen molar-refractivity contribution in [2.45, 2.75) is 38.3 Å². The van der Waals surface area contributed by atoms with Crippen LogP contribution in [-0.2, 0) is 21.2 Å². The van der Waals surface area contributed by atoms with E-state index >= 15 is 0 Å². The van der Waals surface area contributed by atoms with Crippen molar-refractivity contribution in [3.8, 4) is 0 Å². The van der Waals surface area contributed by atoms with Crippen molar-refractivity contribution in [2.75, 3.05) is 23.7 Å². The second-order valence-electron chi connectivity index (χ2n) is 6.30. The summed E-state index contributed by atoms with van der Waals surface area (Å²) in [5, 5.41) is 2.89. The zero-order valence-corrected chi connectivity index (χ0v) is 14.2. The van der Waals surface area contributed by atoms with Gasteiger partial charge in [-0.05, 0) is 49.9 Å². The number of fused-ring (bicyclic) bond motifs is 1. The highest BCUT2D eigenvalue weighted by molar-refractivity contribution is 7.92. The average Bonchev–Trinajstić information content (AvgIpc) is 3.09. The monoisotopic (exact) mass is 338 g/mol. The molecule has 1 fully saturated rings. The highest BCUT2D eigenvalue weighted by atomic mass is 32.2. The number of ether oxygens (including phenoxy) is 1. The molecule has 0 saturated carbocycles. The summed E-state index contributed by atoms with van der Waals surface area (Å²) in [7, 11) is -3.30. The van der Waals surface area contributed by atoms with Gasteiger partial charge in [-0.25, -0.2) is 8.42 Å². The van der Waals surface area contributed by atoms with Gasteiger partial charge in [0.2, 0.25) is 10.0 Å². The average molecular weight is 338 g/mol. The summed E-state index contributed by atoms with van der Waals surface area (Å²) >= 11 is 0. The molecule has 2 aliphatic heterocycles. The Labute approximate surface area is 136 Å². The Bertz CT molecular complexity index is 711. The van der Waals surface area contributed by atoms with Crippen LogP contribution in [0.1, 0.15) is 35.7 Å². The molecule has 126 valence electrons. The minimum atomic E-state index is -3.30. The third-order valence-electron chi connectivity index (χ3n) is 4.37. The zero-order chi connectivity index (χ0) is 16.6. The van der Waals surface area contributed by atoms with Gasteiger partial charge in [0.15, 0.2) is 0 Å². The first-order chi connectivity index (χ1) is 10.9. The van der Waals surface area contributed by atoms with Crippen molar-refractivity contribution in [1.29, 1.82) is 0 Å². The first-order valence-corrected chi connectivity index (χ1v) is 9.73. The molecule has 23 heavy (non-hydrogen) atoms.